The first kappa shape index (κ1) is 14.0. The van der Waals surface area contributed by atoms with E-state index in [0.29, 0.717) is 16.7 Å². The molecule has 0 unspecified atom stereocenters. The Labute approximate surface area is 120 Å². The summed E-state index contributed by atoms with van der Waals surface area (Å²) in [6.07, 6.45) is 1.61. The third-order valence-corrected chi connectivity index (χ3v) is 3.26. The molecule has 0 fully saturated rings. The van der Waals surface area contributed by atoms with E-state index in [1.807, 2.05) is 0 Å². The van der Waals surface area contributed by atoms with Gasteiger partial charge >= 0.3 is 0 Å². The molecule has 0 saturated heterocycles. The minimum Gasteiger partial charge on any atom is -0.207 e. The van der Waals surface area contributed by atoms with Gasteiger partial charge in [-0.05, 0) is 35.4 Å². The summed E-state index contributed by atoms with van der Waals surface area (Å²) in [6.45, 7) is 0. The molecule has 0 bridgehead atoms. The summed E-state index contributed by atoms with van der Waals surface area (Å²) in [6, 6.07) is 10.4. The molecule has 0 heterocycles. The molecule has 0 radical (unpaired) electrons. The van der Waals surface area contributed by atoms with Crippen LogP contribution in [0.25, 0.3) is 11.6 Å². The molecule has 0 nitrogen and oxygen atoms in total. The molecule has 0 aliphatic carbocycles. The predicted molar refractivity (Wildman–Crippen MR) is 76.4 cm³/mol. The number of benzene rings is 2. The fourth-order valence-electron chi connectivity index (χ4n) is 1.72. The Bertz CT molecular complexity index is 621. The topological polar surface area (TPSA) is 0 Å². The highest BCUT2D eigenvalue weighted by Gasteiger charge is 2.08. The van der Waals surface area contributed by atoms with Crippen LogP contribution in [0.5, 0.6) is 0 Å². The first-order valence-electron chi connectivity index (χ1n) is 5.58. The van der Waals surface area contributed by atoms with Crippen LogP contribution in [0.15, 0.2) is 42.5 Å². The van der Waals surface area contributed by atoms with Gasteiger partial charge in [0, 0.05) is 11.4 Å². The highest BCUT2D eigenvalue weighted by Crippen LogP contribution is 2.28. The van der Waals surface area contributed by atoms with Crippen molar-refractivity contribution in [3.8, 4) is 0 Å². The minimum atomic E-state index is -0.423. The van der Waals surface area contributed by atoms with Crippen LogP contribution < -0.4 is 0 Å². The van der Waals surface area contributed by atoms with Crippen molar-refractivity contribution in [2.45, 2.75) is 0 Å². The van der Waals surface area contributed by atoms with Gasteiger partial charge in [0.1, 0.15) is 11.6 Å². The predicted octanol–water partition coefficient (Wildman–Crippen LogP) is 5.40. The molecule has 0 spiro atoms. The van der Waals surface area contributed by atoms with E-state index in [1.54, 1.807) is 24.3 Å². The fourth-order valence-corrected chi connectivity index (χ4v) is 2.23. The Morgan fingerprint density at radius 2 is 1.84 bits per heavy atom. The van der Waals surface area contributed by atoms with Crippen LogP contribution in [-0.2, 0) is 0 Å². The summed E-state index contributed by atoms with van der Waals surface area (Å²) < 4.78 is 26.6. The number of halogens is 4. The fraction of sp³-hybridized carbons (Fsp3) is 0.0667. The summed E-state index contributed by atoms with van der Waals surface area (Å²) in [7, 11) is 0. The quantitative estimate of drug-likeness (QED) is 0.526. The molecule has 0 amide bonds. The second-order valence-electron chi connectivity index (χ2n) is 3.95. The smallest absolute Gasteiger partial charge is 0.130 e. The van der Waals surface area contributed by atoms with E-state index in [-0.39, 0.29) is 16.7 Å². The molecule has 19 heavy (non-hydrogen) atoms. The molecule has 0 atom stereocenters. The number of allylic oxidation sites excluding steroid dienone is 1. The summed E-state index contributed by atoms with van der Waals surface area (Å²) >= 11 is 11.8. The number of hydrogen-bond donors (Lipinski definition) is 0. The molecule has 2 aromatic carbocycles. The van der Waals surface area contributed by atoms with Gasteiger partial charge in [-0.2, -0.15) is 0 Å². The maximum atomic E-state index is 13.6. The molecule has 0 aliphatic heterocycles. The van der Waals surface area contributed by atoms with E-state index in [9.17, 15) is 8.78 Å². The molecule has 98 valence electrons. The van der Waals surface area contributed by atoms with Crippen molar-refractivity contribution in [3.05, 3.63) is 70.2 Å². The zero-order valence-corrected chi connectivity index (χ0v) is 11.3. The first-order chi connectivity index (χ1) is 9.11. The van der Waals surface area contributed by atoms with Crippen molar-refractivity contribution in [1.82, 2.24) is 0 Å². The molecule has 0 aromatic heterocycles. The van der Waals surface area contributed by atoms with Crippen molar-refractivity contribution < 1.29 is 8.78 Å². The molecule has 0 N–H and O–H groups in total. The van der Waals surface area contributed by atoms with Crippen molar-refractivity contribution in [2.75, 3.05) is 5.88 Å². The summed E-state index contributed by atoms with van der Waals surface area (Å²) in [5.41, 5.74) is 1.65. The average molecular weight is 299 g/mol. The monoisotopic (exact) mass is 298 g/mol. The minimum absolute atomic E-state index is 0.152. The zero-order chi connectivity index (χ0) is 13.8. The Hall–Kier alpha value is -1.38. The number of rotatable bonds is 3. The van der Waals surface area contributed by atoms with Gasteiger partial charge in [-0.25, -0.2) is 8.78 Å². The summed E-state index contributed by atoms with van der Waals surface area (Å²) in [5, 5.41) is 0.253. The van der Waals surface area contributed by atoms with Gasteiger partial charge in [0.05, 0.1) is 5.02 Å². The summed E-state index contributed by atoms with van der Waals surface area (Å²) in [5.74, 6) is -0.614. The third-order valence-electron chi connectivity index (χ3n) is 2.66. The first-order valence-corrected chi connectivity index (χ1v) is 6.49. The van der Waals surface area contributed by atoms with Crippen molar-refractivity contribution in [1.29, 1.82) is 0 Å². The van der Waals surface area contributed by atoms with E-state index in [1.165, 1.54) is 24.3 Å². The van der Waals surface area contributed by atoms with Gasteiger partial charge in [0.15, 0.2) is 0 Å². The van der Waals surface area contributed by atoms with Gasteiger partial charge in [0.2, 0.25) is 0 Å². The standard InChI is InChI=1S/C15H10Cl2F2/c16-9-11(7-10-3-1-2-4-15(10)19)13-6-5-12(18)8-14(13)17/h1-8H,9H2. The van der Waals surface area contributed by atoms with E-state index >= 15 is 0 Å². The van der Waals surface area contributed by atoms with Crippen molar-refractivity contribution in [3.63, 3.8) is 0 Å². The van der Waals surface area contributed by atoms with E-state index in [0.717, 1.165) is 0 Å². The molecule has 2 aromatic rings. The van der Waals surface area contributed by atoms with E-state index in [2.05, 4.69) is 0 Å². The number of alkyl halides is 1. The maximum Gasteiger partial charge on any atom is 0.130 e. The van der Waals surface area contributed by atoms with Crippen LogP contribution in [0.1, 0.15) is 11.1 Å². The van der Waals surface area contributed by atoms with Crippen LogP contribution in [0, 0.1) is 11.6 Å². The van der Waals surface area contributed by atoms with Gasteiger partial charge in [0.25, 0.3) is 0 Å². The largest absolute Gasteiger partial charge is 0.207 e. The van der Waals surface area contributed by atoms with Crippen molar-refractivity contribution in [2.24, 2.45) is 0 Å². The van der Waals surface area contributed by atoms with E-state index in [4.69, 9.17) is 23.2 Å². The van der Waals surface area contributed by atoms with Crippen molar-refractivity contribution >= 4 is 34.9 Å². The molecular formula is C15H10Cl2F2. The zero-order valence-electron chi connectivity index (χ0n) is 9.84. The van der Waals surface area contributed by atoms with Crippen LogP contribution in [-0.4, -0.2) is 5.88 Å². The second-order valence-corrected chi connectivity index (χ2v) is 4.62. The van der Waals surface area contributed by atoms with Crippen LogP contribution in [0.4, 0.5) is 8.78 Å². The lowest BCUT2D eigenvalue weighted by molar-refractivity contribution is 0.625. The normalized spacial score (nSPS) is 11.7. The lowest BCUT2D eigenvalue weighted by atomic mass is 10.0. The van der Waals surface area contributed by atoms with Gasteiger partial charge < -0.3 is 0 Å². The molecule has 4 heteroatoms. The Morgan fingerprint density at radius 1 is 1.11 bits per heavy atom. The average Bonchev–Trinajstić information content (AvgIpc) is 2.39. The SMILES string of the molecule is Fc1ccc(C(=Cc2ccccc2F)CCl)c(Cl)c1. The Kier molecular flexibility index (Phi) is 4.56. The summed E-state index contributed by atoms with van der Waals surface area (Å²) in [4.78, 5) is 0. The molecular weight excluding hydrogens is 289 g/mol. The number of hydrogen-bond acceptors (Lipinski definition) is 0. The van der Waals surface area contributed by atoms with Gasteiger partial charge in [-0.1, -0.05) is 35.9 Å². The van der Waals surface area contributed by atoms with E-state index < -0.39 is 5.82 Å². The van der Waals surface area contributed by atoms with Crippen LogP contribution in [0.3, 0.4) is 0 Å². The third kappa shape index (κ3) is 3.34. The maximum absolute atomic E-state index is 13.6. The highest BCUT2D eigenvalue weighted by molar-refractivity contribution is 6.33. The lowest BCUT2D eigenvalue weighted by Gasteiger charge is -2.07. The van der Waals surface area contributed by atoms with Crippen LogP contribution in [0.2, 0.25) is 5.02 Å². The second kappa shape index (κ2) is 6.18. The Balaban J connectivity index is 2.48. The highest BCUT2D eigenvalue weighted by atomic mass is 35.5. The van der Waals surface area contributed by atoms with Crippen LogP contribution >= 0.6 is 23.2 Å². The molecule has 0 aliphatic rings. The molecule has 2 rings (SSSR count). The van der Waals surface area contributed by atoms with Gasteiger partial charge in [-0.3, -0.25) is 0 Å². The Morgan fingerprint density at radius 3 is 2.47 bits per heavy atom. The molecule has 0 saturated carbocycles. The lowest BCUT2D eigenvalue weighted by Crippen LogP contribution is -1.90. The van der Waals surface area contributed by atoms with Gasteiger partial charge in [-0.15, -0.1) is 11.6 Å².